The van der Waals surface area contributed by atoms with Crippen molar-refractivity contribution in [3.63, 3.8) is 0 Å². The summed E-state index contributed by atoms with van der Waals surface area (Å²) in [4.78, 5) is 0. The molecule has 0 heterocycles. The third-order valence-electron chi connectivity index (χ3n) is 3.62. The van der Waals surface area contributed by atoms with E-state index in [1.807, 2.05) is 0 Å². The Kier molecular flexibility index (Phi) is 5.32. The Hall–Kier alpha value is -1.72. The second kappa shape index (κ2) is 7.03. The first-order valence-corrected chi connectivity index (χ1v) is 8.83. The van der Waals surface area contributed by atoms with Crippen LogP contribution in [0, 0.1) is 5.82 Å². The molecule has 118 valence electrons. The third-order valence-corrected chi connectivity index (χ3v) is 5.83. The highest BCUT2D eigenvalue weighted by atomic mass is 32.2. The SMILES string of the molecule is CCC(c1ccc(F)cc1)S(=O)(=O)Cc1ccc(CO)cc1. The van der Waals surface area contributed by atoms with Gasteiger partial charge < -0.3 is 5.11 Å². The lowest BCUT2D eigenvalue weighted by atomic mass is 10.1. The molecule has 0 amide bonds. The van der Waals surface area contributed by atoms with Crippen molar-refractivity contribution in [1.29, 1.82) is 0 Å². The third kappa shape index (κ3) is 3.93. The first kappa shape index (κ1) is 16.6. The summed E-state index contributed by atoms with van der Waals surface area (Å²) in [6, 6.07) is 12.5. The molecule has 0 saturated heterocycles. The Morgan fingerprint density at radius 2 is 1.55 bits per heavy atom. The van der Waals surface area contributed by atoms with Crippen molar-refractivity contribution < 1.29 is 17.9 Å². The molecule has 5 heteroatoms. The molecule has 0 fully saturated rings. The van der Waals surface area contributed by atoms with Crippen LogP contribution in [-0.4, -0.2) is 13.5 Å². The highest BCUT2D eigenvalue weighted by molar-refractivity contribution is 7.90. The molecule has 2 aromatic carbocycles. The summed E-state index contributed by atoms with van der Waals surface area (Å²) < 4.78 is 38.3. The summed E-state index contributed by atoms with van der Waals surface area (Å²) in [5, 5.41) is 8.36. The molecule has 0 aliphatic rings. The molecule has 1 atom stereocenters. The molecule has 22 heavy (non-hydrogen) atoms. The second-order valence-electron chi connectivity index (χ2n) is 5.23. The van der Waals surface area contributed by atoms with E-state index in [9.17, 15) is 12.8 Å². The van der Waals surface area contributed by atoms with E-state index in [1.165, 1.54) is 24.3 Å². The molecule has 3 nitrogen and oxygen atoms in total. The standard InChI is InChI=1S/C17H19FO3S/c1-2-17(15-7-9-16(18)10-8-15)22(20,21)12-14-5-3-13(11-19)4-6-14/h3-10,17,19H,2,11-12H2,1H3. The zero-order valence-electron chi connectivity index (χ0n) is 12.4. The zero-order valence-corrected chi connectivity index (χ0v) is 13.2. The Morgan fingerprint density at radius 1 is 1.00 bits per heavy atom. The van der Waals surface area contributed by atoms with Gasteiger partial charge in [-0.15, -0.1) is 0 Å². The number of hydrogen-bond acceptors (Lipinski definition) is 3. The van der Waals surface area contributed by atoms with Gasteiger partial charge in [-0.25, -0.2) is 12.8 Å². The topological polar surface area (TPSA) is 54.4 Å². The number of hydrogen-bond donors (Lipinski definition) is 1. The molecule has 0 radical (unpaired) electrons. The molecule has 0 aliphatic heterocycles. The highest BCUT2D eigenvalue weighted by Crippen LogP contribution is 2.29. The van der Waals surface area contributed by atoms with Crippen molar-refractivity contribution in [1.82, 2.24) is 0 Å². The van der Waals surface area contributed by atoms with Crippen molar-refractivity contribution in [2.75, 3.05) is 0 Å². The van der Waals surface area contributed by atoms with Crippen molar-refractivity contribution >= 4 is 9.84 Å². The summed E-state index contributed by atoms with van der Waals surface area (Å²) >= 11 is 0. The van der Waals surface area contributed by atoms with Crippen molar-refractivity contribution in [3.8, 4) is 0 Å². The summed E-state index contributed by atoms with van der Waals surface area (Å²) in [6.45, 7) is 1.74. The average Bonchev–Trinajstić information content (AvgIpc) is 2.50. The minimum absolute atomic E-state index is 0.0693. The van der Waals surface area contributed by atoms with Crippen LogP contribution in [0.5, 0.6) is 0 Å². The van der Waals surface area contributed by atoms with E-state index in [4.69, 9.17) is 5.11 Å². The van der Waals surface area contributed by atoms with E-state index in [2.05, 4.69) is 0 Å². The lowest BCUT2D eigenvalue weighted by molar-refractivity contribution is 0.282. The van der Waals surface area contributed by atoms with Crippen LogP contribution in [0.15, 0.2) is 48.5 Å². The van der Waals surface area contributed by atoms with Crippen LogP contribution in [0.3, 0.4) is 0 Å². The number of halogens is 1. The first-order valence-electron chi connectivity index (χ1n) is 7.12. The van der Waals surface area contributed by atoms with Gasteiger partial charge in [0.1, 0.15) is 5.82 Å². The van der Waals surface area contributed by atoms with E-state index in [0.717, 1.165) is 5.56 Å². The van der Waals surface area contributed by atoms with Gasteiger partial charge in [-0.05, 0) is 35.2 Å². The van der Waals surface area contributed by atoms with Crippen LogP contribution in [-0.2, 0) is 22.2 Å². The molecule has 2 rings (SSSR count). The van der Waals surface area contributed by atoms with Gasteiger partial charge >= 0.3 is 0 Å². The van der Waals surface area contributed by atoms with Crippen molar-refractivity contribution in [2.45, 2.75) is 31.0 Å². The molecule has 1 unspecified atom stereocenters. The monoisotopic (exact) mass is 322 g/mol. The number of benzene rings is 2. The molecule has 0 aliphatic carbocycles. The normalized spacial score (nSPS) is 13.0. The fourth-order valence-corrected chi connectivity index (χ4v) is 4.39. The maximum atomic E-state index is 13.0. The van der Waals surface area contributed by atoms with E-state index < -0.39 is 15.1 Å². The van der Waals surface area contributed by atoms with Gasteiger partial charge in [-0.3, -0.25) is 0 Å². The molecule has 0 aromatic heterocycles. The smallest absolute Gasteiger partial charge is 0.161 e. The minimum atomic E-state index is -3.40. The summed E-state index contributed by atoms with van der Waals surface area (Å²) in [5.74, 6) is -0.454. The Morgan fingerprint density at radius 3 is 2.05 bits per heavy atom. The Bertz CT molecular complexity index is 707. The van der Waals surface area contributed by atoms with E-state index in [-0.39, 0.29) is 18.2 Å². The van der Waals surface area contributed by atoms with Crippen LogP contribution < -0.4 is 0 Å². The largest absolute Gasteiger partial charge is 0.392 e. The van der Waals surface area contributed by atoms with Gasteiger partial charge in [0.25, 0.3) is 0 Å². The van der Waals surface area contributed by atoms with E-state index in [1.54, 1.807) is 31.2 Å². The maximum Gasteiger partial charge on any atom is 0.161 e. The fraction of sp³-hybridized carbons (Fsp3) is 0.294. The summed E-state index contributed by atoms with van der Waals surface area (Å²) in [6.07, 6.45) is 0.433. The van der Waals surface area contributed by atoms with Crippen molar-refractivity contribution in [3.05, 3.63) is 71.0 Å². The number of aliphatic hydroxyl groups is 1. The second-order valence-corrected chi connectivity index (χ2v) is 7.41. The quantitative estimate of drug-likeness (QED) is 0.887. The first-order chi connectivity index (χ1) is 10.5. The fourth-order valence-electron chi connectivity index (χ4n) is 2.45. The van der Waals surface area contributed by atoms with E-state index in [0.29, 0.717) is 17.5 Å². The minimum Gasteiger partial charge on any atom is -0.392 e. The Balaban J connectivity index is 2.24. The number of rotatable bonds is 6. The summed E-state index contributed by atoms with van der Waals surface area (Å²) in [5.41, 5.74) is 2.03. The van der Waals surface area contributed by atoms with Gasteiger partial charge in [0.05, 0.1) is 17.6 Å². The van der Waals surface area contributed by atoms with Crippen LogP contribution in [0.2, 0.25) is 0 Å². The Labute approximate surface area is 130 Å². The van der Waals surface area contributed by atoms with Gasteiger partial charge in [0.2, 0.25) is 0 Å². The number of sulfone groups is 1. The molecule has 1 N–H and O–H groups in total. The van der Waals surface area contributed by atoms with Crippen LogP contribution in [0.25, 0.3) is 0 Å². The van der Waals surface area contributed by atoms with Gasteiger partial charge in [-0.1, -0.05) is 43.3 Å². The van der Waals surface area contributed by atoms with Gasteiger partial charge in [0, 0.05) is 0 Å². The van der Waals surface area contributed by atoms with Crippen LogP contribution in [0.4, 0.5) is 4.39 Å². The van der Waals surface area contributed by atoms with Crippen molar-refractivity contribution in [2.24, 2.45) is 0 Å². The molecular weight excluding hydrogens is 303 g/mol. The van der Waals surface area contributed by atoms with Crippen LogP contribution in [0.1, 0.15) is 35.3 Å². The van der Waals surface area contributed by atoms with Gasteiger partial charge in [0.15, 0.2) is 9.84 Å². The highest BCUT2D eigenvalue weighted by Gasteiger charge is 2.25. The maximum absolute atomic E-state index is 13.0. The zero-order chi connectivity index (χ0) is 16.2. The summed E-state index contributed by atoms with van der Waals surface area (Å²) in [7, 11) is -3.40. The molecule has 0 spiro atoms. The molecule has 0 saturated carbocycles. The lowest BCUT2D eigenvalue weighted by Gasteiger charge is -2.16. The predicted octanol–water partition coefficient (Wildman–Crippen LogP) is 3.38. The molecule has 0 bridgehead atoms. The average molecular weight is 322 g/mol. The predicted molar refractivity (Wildman–Crippen MR) is 84.4 cm³/mol. The van der Waals surface area contributed by atoms with Crippen LogP contribution >= 0.6 is 0 Å². The lowest BCUT2D eigenvalue weighted by Crippen LogP contribution is -2.15. The molecular formula is C17H19FO3S. The molecule has 2 aromatic rings. The van der Waals surface area contributed by atoms with E-state index >= 15 is 0 Å². The van der Waals surface area contributed by atoms with Gasteiger partial charge in [-0.2, -0.15) is 0 Å². The number of aliphatic hydroxyl groups excluding tert-OH is 1.